The maximum atomic E-state index is 3.29. The number of rotatable bonds is 6. The summed E-state index contributed by atoms with van der Waals surface area (Å²) in [5.74, 6) is 0.663. The lowest BCUT2D eigenvalue weighted by atomic mass is 10.0. The Hall–Kier alpha value is -0.860. The Morgan fingerprint density at radius 2 is 1.88 bits per heavy atom. The number of likely N-dealkylation sites (N-methyl/N-ethyl adjacent to an activating group) is 2. The van der Waals surface area contributed by atoms with Gasteiger partial charge in [-0.2, -0.15) is 0 Å². The Morgan fingerprint density at radius 1 is 1.24 bits per heavy atom. The van der Waals surface area contributed by atoms with Gasteiger partial charge in [0.15, 0.2) is 0 Å². The van der Waals surface area contributed by atoms with Gasteiger partial charge in [0.1, 0.15) is 0 Å². The fourth-order valence-corrected chi connectivity index (χ4v) is 2.28. The molecule has 0 aromatic heterocycles. The Morgan fingerprint density at radius 3 is 2.41 bits per heavy atom. The minimum atomic E-state index is 0.583. The zero-order chi connectivity index (χ0) is 12.8. The van der Waals surface area contributed by atoms with Gasteiger partial charge in [0, 0.05) is 19.1 Å². The number of benzene rings is 1. The number of nitrogens with zero attached hydrogens (tertiary/aromatic N) is 1. The first-order chi connectivity index (χ1) is 8.06. The molecule has 0 spiro atoms. The van der Waals surface area contributed by atoms with Gasteiger partial charge in [0.05, 0.1) is 0 Å². The Labute approximate surface area is 106 Å². The first-order valence-electron chi connectivity index (χ1n) is 6.45. The molecule has 0 bridgehead atoms. The molecular weight excluding hydrogens is 208 g/mol. The molecule has 2 heteroatoms. The molecule has 96 valence electrons. The molecule has 1 atom stereocenters. The number of hydrogen-bond acceptors (Lipinski definition) is 2. The summed E-state index contributed by atoms with van der Waals surface area (Å²) in [6.07, 6.45) is 0. The van der Waals surface area contributed by atoms with Crippen molar-refractivity contribution in [3.8, 4) is 0 Å². The molecule has 0 radical (unpaired) electrons. The van der Waals surface area contributed by atoms with Crippen molar-refractivity contribution in [1.82, 2.24) is 10.2 Å². The molecule has 17 heavy (non-hydrogen) atoms. The molecule has 0 aliphatic rings. The monoisotopic (exact) mass is 234 g/mol. The van der Waals surface area contributed by atoms with Crippen molar-refractivity contribution >= 4 is 0 Å². The van der Waals surface area contributed by atoms with Crippen molar-refractivity contribution in [1.29, 1.82) is 0 Å². The molecular formula is C15H26N2. The Kier molecular flexibility index (Phi) is 5.66. The average molecular weight is 234 g/mol. The zero-order valence-electron chi connectivity index (χ0n) is 11.8. The van der Waals surface area contributed by atoms with Gasteiger partial charge in [-0.15, -0.1) is 0 Å². The van der Waals surface area contributed by atoms with Crippen LogP contribution < -0.4 is 5.32 Å². The van der Waals surface area contributed by atoms with E-state index in [1.165, 1.54) is 11.1 Å². The van der Waals surface area contributed by atoms with Crippen molar-refractivity contribution in [2.45, 2.75) is 33.4 Å². The van der Waals surface area contributed by atoms with Crippen LogP contribution in [0.5, 0.6) is 0 Å². The molecule has 2 nitrogen and oxygen atoms in total. The number of aryl methyl sites for hydroxylation is 1. The van der Waals surface area contributed by atoms with Crippen LogP contribution in [0.15, 0.2) is 24.3 Å². The predicted molar refractivity (Wildman–Crippen MR) is 75.2 cm³/mol. The molecule has 0 aliphatic carbocycles. The Bertz CT molecular complexity index is 333. The molecule has 1 aromatic carbocycles. The lowest BCUT2D eigenvalue weighted by Crippen LogP contribution is -2.42. The standard InChI is InChI=1S/C15H26N2/c1-12(2)15(10-16-4)17(5)11-14-9-7-6-8-13(14)3/h6-9,12,15-16H,10-11H2,1-5H3. The minimum absolute atomic E-state index is 0.583. The molecule has 0 heterocycles. The first-order valence-corrected chi connectivity index (χ1v) is 6.45. The van der Waals surface area contributed by atoms with Crippen molar-refractivity contribution in [3.05, 3.63) is 35.4 Å². The predicted octanol–water partition coefficient (Wildman–Crippen LogP) is 2.67. The van der Waals surface area contributed by atoms with Crippen LogP contribution in [0.4, 0.5) is 0 Å². The fraction of sp³-hybridized carbons (Fsp3) is 0.600. The molecule has 1 N–H and O–H groups in total. The van der Waals surface area contributed by atoms with Gasteiger partial charge < -0.3 is 5.32 Å². The number of hydrogen-bond donors (Lipinski definition) is 1. The first kappa shape index (κ1) is 14.2. The van der Waals surface area contributed by atoms with Gasteiger partial charge in [-0.3, -0.25) is 4.90 Å². The van der Waals surface area contributed by atoms with Crippen LogP contribution in [0.2, 0.25) is 0 Å². The summed E-state index contributed by atoms with van der Waals surface area (Å²) in [6.45, 7) is 8.83. The second-order valence-electron chi connectivity index (χ2n) is 5.21. The molecule has 1 aromatic rings. The zero-order valence-corrected chi connectivity index (χ0v) is 11.8. The van der Waals surface area contributed by atoms with Crippen LogP contribution in [0.1, 0.15) is 25.0 Å². The Balaban J connectivity index is 2.69. The highest BCUT2D eigenvalue weighted by molar-refractivity contribution is 5.25. The lowest BCUT2D eigenvalue weighted by molar-refractivity contribution is 0.182. The van der Waals surface area contributed by atoms with E-state index in [1.54, 1.807) is 0 Å². The highest BCUT2D eigenvalue weighted by atomic mass is 15.1. The third-order valence-corrected chi connectivity index (χ3v) is 3.43. The average Bonchev–Trinajstić information content (AvgIpc) is 2.28. The third-order valence-electron chi connectivity index (χ3n) is 3.43. The highest BCUT2D eigenvalue weighted by Gasteiger charge is 2.18. The van der Waals surface area contributed by atoms with E-state index in [2.05, 4.69) is 62.3 Å². The second-order valence-corrected chi connectivity index (χ2v) is 5.21. The van der Waals surface area contributed by atoms with Gasteiger partial charge >= 0.3 is 0 Å². The quantitative estimate of drug-likeness (QED) is 0.814. The maximum Gasteiger partial charge on any atom is 0.0243 e. The molecule has 1 rings (SSSR count). The van der Waals surface area contributed by atoms with Gasteiger partial charge in [-0.25, -0.2) is 0 Å². The molecule has 0 fully saturated rings. The van der Waals surface area contributed by atoms with E-state index in [4.69, 9.17) is 0 Å². The van der Waals surface area contributed by atoms with Crippen LogP contribution in [0, 0.1) is 12.8 Å². The number of nitrogens with one attached hydrogen (secondary N) is 1. The summed E-state index contributed by atoms with van der Waals surface area (Å²) in [4.78, 5) is 2.45. The third kappa shape index (κ3) is 4.14. The highest BCUT2D eigenvalue weighted by Crippen LogP contribution is 2.14. The molecule has 0 saturated carbocycles. The summed E-state index contributed by atoms with van der Waals surface area (Å²) in [5.41, 5.74) is 2.81. The summed E-state index contributed by atoms with van der Waals surface area (Å²) in [5, 5.41) is 3.29. The van der Waals surface area contributed by atoms with Gasteiger partial charge in [0.25, 0.3) is 0 Å². The van der Waals surface area contributed by atoms with Crippen molar-refractivity contribution in [2.24, 2.45) is 5.92 Å². The summed E-state index contributed by atoms with van der Waals surface area (Å²) < 4.78 is 0. The van der Waals surface area contributed by atoms with E-state index in [1.807, 2.05) is 7.05 Å². The van der Waals surface area contributed by atoms with Gasteiger partial charge in [0.2, 0.25) is 0 Å². The van der Waals surface area contributed by atoms with Crippen molar-refractivity contribution in [3.63, 3.8) is 0 Å². The summed E-state index contributed by atoms with van der Waals surface area (Å²) in [6, 6.07) is 9.22. The van der Waals surface area contributed by atoms with Crippen LogP contribution in [-0.4, -0.2) is 31.6 Å². The van der Waals surface area contributed by atoms with Crippen LogP contribution in [-0.2, 0) is 6.54 Å². The molecule has 0 saturated heterocycles. The van der Waals surface area contributed by atoms with Gasteiger partial charge in [-0.1, -0.05) is 38.1 Å². The minimum Gasteiger partial charge on any atom is -0.318 e. The van der Waals surface area contributed by atoms with E-state index in [0.717, 1.165) is 13.1 Å². The maximum absolute atomic E-state index is 3.29. The fourth-order valence-electron chi connectivity index (χ4n) is 2.28. The van der Waals surface area contributed by atoms with E-state index >= 15 is 0 Å². The van der Waals surface area contributed by atoms with Crippen LogP contribution >= 0.6 is 0 Å². The summed E-state index contributed by atoms with van der Waals surface area (Å²) in [7, 11) is 4.24. The largest absolute Gasteiger partial charge is 0.318 e. The van der Waals surface area contributed by atoms with E-state index in [0.29, 0.717) is 12.0 Å². The molecule has 0 amide bonds. The SMILES string of the molecule is CNCC(C(C)C)N(C)Cc1ccccc1C. The smallest absolute Gasteiger partial charge is 0.0243 e. The topological polar surface area (TPSA) is 15.3 Å². The second kappa shape index (κ2) is 6.77. The van der Waals surface area contributed by atoms with Crippen molar-refractivity contribution in [2.75, 3.05) is 20.6 Å². The lowest BCUT2D eigenvalue weighted by Gasteiger charge is -2.31. The van der Waals surface area contributed by atoms with E-state index in [-0.39, 0.29) is 0 Å². The molecule has 1 unspecified atom stereocenters. The van der Waals surface area contributed by atoms with Crippen LogP contribution in [0.3, 0.4) is 0 Å². The van der Waals surface area contributed by atoms with Gasteiger partial charge in [-0.05, 0) is 38.1 Å². The van der Waals surface area contributed by atoms with E-state index in [9.17, 15) is 0 Å². The van der Waals surface area contributed by atoms with E-state index < -0.39 is 0 Å². The molecule has 0 aliphatic heterocycles. The summed E-state index contributed by atoms with van der Waals surface area (Å²) >= 11 is 0. The normalized spacial score (nSPS) is 13.4. The van der Waals surface area contributed by atoms with Crippen LogP contribution in [0.25, 0.3) is 0 Å². The van der Waals surface area contributed by atoms with Crippen molar-refractivity contribution < 1.29 is 0 Å².